The number of amides is 2. The van der Waals surface area contributed by atoms with Crippen molar-refractivity contribution in [1.29, 1.82) is 0 Å². The first kappa shape index (κ1) is 16.3. The van der Waals surface area contributed by atoms with E-state index in [4.69, 9.17) is 0 Å². The Morgan fingerprint density at radius 3 is 2.48 bits per heavy atom. The topological polar surface area (TPSA) is 49.4 Å². The van der Waals surface area contributed by atoms with Crippen molar-refractivity contribution in [3.63, 3.8) is 0 Å². The van der Waals surface area contributed by atoms with Gasteiger partial charge in [0.15, 0.2) is 0 Å². The third-order valence-corrected chi connectivity index (χ3v) is 5.24. The molecule has 0 spiro atoms. The molecule has 2 rings (SSSR count). The maximum absolute atomic E-state index is 12.9. The Hall–Kier alpha value is -1.06. The summed E-state index contributed by atoms with van der Waals surface area (Å²) in [4.78, 5) is 27.2. The van der Waals surface area contributed by atoms with E-state index in [1.54, 1.807) is 0 Å². The number of piperazine rings is 1. The van der Waals surface area contributed by atoms with Crippen LogP contribution in [-0.2, 0) is 9.59 Å². The lowest BCUT2D eigenvalue weighted by molar-refractivity contribution is -0.154. The van der Waals surface area contributed by atoms with Gasteiger partial charge < -0.3 is 10.2 Å². The first-order chi connectivity index (χ1) is 9.99. The highest BCUT2D eigenvalue weighted by Crippen LogP contribution is 2.33. The van der Waals surface area contributed by atoms with E-state index in [0.29, 0.717) is 12.3 Å². The normalized spacial score (nSPS) is 34.2. The fraction of sp³-hybridized carbons (Fsp3) is 0.882. The van der Waals surface area contributed by atoms with Gasteiger partial charge in [0, 0.05) is 6.04 Å². The predicted molar refractivity (Wildman–Crippen MR) is 83.7 cm³/mol. The van der Waals surface area contributed by atoms with E-state index < -0.39 is 0 Å². The highest BCUT2D eigenvalue weighted by atomic mass is 16.2. The molecule has 1 N–H and O–H groups in total. The summed E-state index contributed by atoms with van der Waals surface area (Å²) >= 11 is 0. The van der Waals surface area contributed by atoms with Crippen molar-refractivity contribution in [3.8, 4) is 0 Å². The van der Waals surface area contributed by atoms with Crippen molar-refractivity contribution >= 4 is 11.8 Å². The van der Waals surface area contributed by atoms with Crippen LogP contribution in [0.3, 0.4) is 0 Å². The average Bonchev–Trinajstić information content (AvgIpc) is 2.48. The van der Waals surface area contributed by atoms with E-state index in [0.717, 1.165) is 12.8 Å². The zero-order valence-corrected chi connectivity index (χ0v) is 13.9. The number of hydrogen-bond donors (Lipinski definition) is 1. The maximum Gasteiger partial charge on any atom is 0.246 e. The van der Waals surface area contributed by atoms with Crippen LogP contribution in [0.1, 0.15) is 66.2 Å². The third-order valence-electron chi connectivity index (χ3n) is 5.24. The van der Waals surface area contributed by atoms with Crippen LogP contribution in [0.2, 0.25) is 0 Å². The molecule has 4 nitrogen and oxygen atoms in total. The van der Waals surface area contributed by atoms with Crippen LogP contribution in [0.5, 0.6) is 0 Å². The zero-order chi connectivity index (χ0) is 15.6. The Bertz CT molecular complexity index is 394. The number of carbonyl (C=O) groups is 2. The molecular formula is C17H30N2O2. The van der Waals surface area contributed by atoms with Gasteiger partial charge >= 0.3 is 0 Å². The van der Waals surface area contributed by atoms with Crippen molar-refractivity contribution in [2.45, 2.75) is 84.3 Å². The minimum atomic E-state index is -0.345. The highest BCUT2D eigenvalue weighted by molar-refractivity contribution is 5.97. The number of nitrogens with one attached hydrogen (secondary N) is 1. The average molecular weight is 294 g/mol. The number of nitrogens with zero attached hydrogens (tertiary/aromatic N) is 1. The van der Waals surface area contributed by atoms with Gasteiger partial charge in [-0.25, -0.2) is 0 Å². The molecule has 1 saturated carbocycles. The molecule has 4 atom stereocenters. The molecule has 21 heavy (non-hydrogen) atoms. The predicted octanol–water partition coefficient (Wildman–Crippen LogP) is 2.72. The summed E-state index contributed by atoms with van der Waals surface area (Å²) in [6.07, 6.45) is 6.45. The summed E-state index contributed by atoms with van der Waals surface area (Å²) in [7, 11) is 0. The molecule has 2 fully saturated rings. The Balaban J connectivity index is 2.22. The fourth-order valence-corrected chi connectivity index (χ4v) is 3.91. The van der Waals surface area contributed by atoms with Crippen LogP contribution in [0.15, 0.2) is 0 Å². The minimum absolute atomic E-state index is 0.0365. The molecule has 0 aromatic carbocycles. The summed E-state index contributed by atoms with van der Waals surface area (Å²) < 4.78 is 0. The maximum atomic E-state index is 12.9. The van der Waals surface area contributed by atoms with Gasteiger partial charge in [-0.15, -0.1) is 0 Å². The smallest absolute Gasteiger partial charge is 0.246 e. The quantitative estimate of drug-likeness (QED) is 0.866. The van der Waals surface area contributed by atoms with Crippen LogP contribution in [0.25, 0.3) is 0 Å². The number of hydrogen-bond acceptors (Lipinski definition) is 2. The molecule has 1 aliphatic heterocycles. The van der Waals surface area contributed by atoms with Gasteiger partial charge in [0.05, 0.1) is 0 Å². The molecule has 4 heteroatoms. The van der Waals surface area contributed by atoms with Crippen molar-refractivity contribution in [2.24, 2.45) is 11.8 Å². The van der Waals surface area contributed by atoms with Crippen LogP contribution in [0, 0.1) is 11.8 Å². The molecule has 120 valence electrons. The van der Waals surface area contributed by atoms with E-state index in [2.05, 4.69) is 12.2 Å². The summed E-state index contributed by atoms with van der Waals surface area (Å²) in [5, 5.41) is 2.93. The Morgan fingerprint density at radius 2 is 1.90 bits per heavy atom. The first-order valence-electron chi connectivity index (χ1n) is 8.62. The number of carbonyl (C=O) groups excluding carboxylic acids is 2. The standard InChI is InChI=1S/C17H30N2O2/c1-5-12-8-7-9-13(10-12)19-14(6-2)16(20)18-15(11(3)4)17(19)21/h11-15H,5-10H2,1-4H3,(H,18,20). The second-order valence-electron chi connectivity index (χ2n) is 6.99. The highest BCUT2D eigenvalue weighted by Gasteiger charge is 2.44. The summed E-state index contributed by atoms with van der Waals surface area (Å²) in [6, 6.07) is -0.358. The van der Waals surface area contributed by atoms with Gasteiger partial charge in [0.2, 0.25) is 11.8 Å². The molecule has 4 unspecified atom stereocenters. The SMILES string of the molecule is CCC1CCCC(N2C(=O)C(C(C)C)NC(=O)C2CC)C1. The van der Waals surface area contributed by atoms with Crippen LogP contribution >= 0.6 is 0 Å². The van der Waals surface area contributed by atoms with Gasteiger partial charge in [-0.1, -0.05) is 47.0 Å². The molecular weight excluding hydrogens is 264 g/mol. The third kappa shape index (κ3) is 3.24. The van der Waals surface area contributed by atoms with Gasteiger partial charge in [0.1, 0.15) is 12.1 Å². The van der Waals surface area contributed by atoms with Crippen molar-refractivity contribution in [3.05, 3.63) is 0 Å². The Labute approximate surface area is 128 Å². The van der Waals surface area contributed by atoms with Gasteiger partial charge in [-0.2, -0.15) is 0 Å². The van der Waals surface area contributed by atoms with E-state index in [1.807, 2.05) is 25.7 Å². The van der Waals surface area contributed by atoms with E-state index in [-0.39, 0.29) is 35.9 Å². The molecule has 1 aliphatic carbocycles. The lowest BCUT2D eigenvalue weighted by atomic mass is 9.82. The van der Waals surface area contributed by atoms with Gasteiger partial charge in [-0.05, 0) is 31.1 Å². The van der Waals surface area contributed by atoms with Crippen molar-refractivity contribution < 1.29 is 9.59 Å². The Kier molecular flexibility index (Phi) is 5.28. The lowest BCUT2D eigenvalue weighted by Gasteiger charge is -2.46. The van der Waals surface area contributed by atoms with Gasteiger partial charge in [-0.3, -0.25) is 9.59 Å². The second-order valence-corrected chi connectivity index (χ2v) is 6.99. The molecule has 2 aliphatic rings. The molecule has 0 radical (unpaired) electrons. The van der Waals surface area contributed by atoms with Crippen molar-refractivity contribution in [1.82, 2.24) is 10.2 Å². The molecule has 1 saturated heterocycles. The number of rotatable bonds is 4. The molecule has 0 bridgehead atoms. The van der Waals surface area contributed by atoms with E-state index in [9.17, 15) is 9.59 Å². The fourth-order valence-electron chi connectivity index (χ4n) is 3.91. The molecule has 0 aromatic heterocycles. The lowest BCUT2D eigenvalue weighted by Crippen LogP contribution is -2.67. The van der Waals surface area contributed by atoms with Crippen molar-refractivity contribution in [2.75, 3.05) is 0 Å². The molecule has 0 aromatic rings. The molecule has 1 heterocycles. The monoisotopic (exact) mass is 294 g/mol. The summed E-state index contributed by atoms with van der Waals surface area (Å²) in [6.45, 7) is 8.23. The van der Waals surface area contributed by atoms with Crippen LogP contribution in [-0.4, -0.2) is 34.8 Å². The Morgan fingerprint density at radius 1 is 1.19 bits per heavy atom. The summed E-state index contributed by atoms with van der Waals surface area (Å²) in [5.41, 5.74) is 0. The van der Waals surface area contributed by atoms with E-state index in [1.165, 1.54) is 19.3 Å². The minimum Gasteiger partial charge on any atom is -0.342 e. The first-order valence-corrected chi connectivity index (χ1v) is 8.62. The van der Waals surface area contributed by atoms with E-state index >= 15 is 0 Å². The second kappa shape index (κ2) is 6.80. The summed E-state index contributed by atoms with van der Waals surface area (Å²) in [5.74, 6) is 1.02. The zero-order valence-electron chi connectivity index (χ0n) is 13.9. The molecule has 2 amide bonds. The van der Waals surface area contributed by atoms with Crippen LogP contribution in [0.4, 0.5) is 0 Å². The van der Waals surface area contributed by atoms with Gasteiger partial charge in [0.25, 0.3) is 0 Å². The van der Waals surface area contributed by atoms with Crippen LogP contribution < -0.4 is 5.32 Å². The largest absolute Gasteiger partial charge is 0.342 e.